The molecular formula is C23H31NO3. The van der Waals surface area contributed by atoms with E-state index in [1.54, 1.807) is 12.1 Å². The van der Waals surface area contributed by atoms with Gasteiger partial charge in [0.05, 0.1) is 12.5 Å². The van der Waals surface area contributed by atoms with Crippen LogP contribution in [0.15, 0.2) is 48.5 Å². The molecule has 146 valence electrons. The van der Waals surface area contributed by atoms with Crippen LogP contribution in [0, 0.1) is 5.92 Å². The first-order chi connectivity index (χ1) is 12.9. The summed E-state index contributed by atoms with van der Waals surface area (Å²) in [7, 11) is 0. The van der Waals surface area contributed by atoms with Gasteiger partial charge in [-0.15, -0.1) is 0 Å². The molecule has 0 spiro atoms. The minimum atomic E-state index is -0.250. The van der Waals surface area contributed by atoms with Crippen molar-refractivity contribution in [2.24, 2.45) is 5.92 Å². The smallest absolute Gasteiger partial charge is 0.313 e. The minimum Gasteiger partial charge on any atom is -0.426 e. The van der Waals surface area contributed by atoms with Crippen LogP contribution in [0.25, 0.3) is 0 Å². The second-order valence-electron chi connectivity index (χ2n) is 7.47. The summed E-state index contributed by atoms with van der Waals surface area (Å²) >= 11 is 0. The lowest BCUT2D eigenvalue weighted by Crippen LogP contribution is -2.25. The monoisotopic (exact) mass is 369 g/mol. The van der Waals surface area contributed by atoms with Gasteiger partial charge in [0.1, 0.15) is 5.75 Å². The molecule has 0 saturated carbocycles. The molecule has 2 aromatic carbocycles. The van der Waals surface area contributed by atoms with Crippen LogP contribution in [-0.2, 0) is 11.4 Å². The second-order valence-corrected chi connectivity index (χ2v) is 7.47. The van der Waals surface area contributed by atoms with E-state index in [4.69, 9.17) is 4.74 Å². The molecule has 1 atom stereocenters. The van der Waals surface area contributed by atoms with E-state index in [-0.39, 0.29) is 24.4 Å². The molecule has 0 heterocycles. The number of esters is 1. The largest absolute Gasteiger partial charge is 0.426 e. The molecule has 0 aromatic heterocycles. The van der Waals surface area contributed by atoms with Gasteiger partial charge in [-0.2, -0.15) is 0 Å². The second kappa shape index (κ2) is 10.2. The molecule has 0 aliphatic rings. The van der Waals surface area contributed by atoms with Crippen molar-refractivity contribution in [2.45, 2.75) is 52.7 Å². The summed E-state index contributed by atoms with van der Waals surface area (Å²) in [6.45, 7) is 8.70. The average Bonchev–Trinajstić information content (AvgIpc) is 2.66. The van der Waals surface area contributed by atoms with Crippen LogP contribution in [0.4, 0.5) is 0 Å². The molecule has 4 heteroatoms. The maximum Gasteiger partial charge on any atom is 0.313 e. The molecular weight excluding hydrogens is 338 g/mol. The summed E-state index contributed by atoms with van der Waals surface area (Å²) in [4.78, 5) is 12.2. The lowest BCUT2D eigenvalue weighted by atomic mass is 9.87. The molecule has 0 bridgehead atoms. The van der Waals surface area contributed by atoms with Crippen LogP contribution in [0.3, 0.4) is 0 Å². The van der Waals surface area contributed by atoms with Gasteiger partial charge in [-0.1, -0.05) is 64.1 Å². The summed E-state index contributed by atoms with van der Waals surface area (Å²) in [6, 6.07) is 16.2. The van der Waals surface area contributed by atoms with Crippen LogP contribution in [-0.4, -0.2) is 23.7 Å². The Labute approximate surface area is 162 Å². The highest BCUT2D eigenvalue weighted by Gasteiger charge is 2.21. The Morgan fingerprint density at radius 3 is 2.37 bits per heavy atom. The first kappa shape index (κ1) is 21.1. The van der Waals surface area contributed by atoms with Gasteiger partial charge in [0.15, 0.2) is 0 Å². The Balaban J connectivity index is 2.43. The quantitative estimate of drug-likeness (QED) is 0.512. The van der Waals surface area contributed by atoms with E-state index >= 15 is 0 Å². The maximum atomic E-state index is 12.2. The number of rotatable bonds is 9. The standard InChI is InChI=1S/C23H31NO3/c1-16(2)23(26)27-22-11-10-18(15-25)14-21(22)20(12-13-24-17(3)4)19-8-6-5-7-9-19/h5-11,14,16-17,20,24-25H,12-13,15H2,1-4H3/t20-/m1/s1. The molecule has 27 heavy (non-hydrogen) atoms. The third-order valence-corrected chi connectivity index (χ3v) is 4.50. The van der Waals surface area contributed by atoms with Crippen molar-refractivity contribution in [3.63, 3.8) is 0 Å². The fourth-order valence-corrected chi connectivity index (χ4v) is 2.99. The van der Waals surface area contributed by atoms with Crippen molar-refractivity contribution < 1.29 is 14.6 Å². The zero-order valence-electron chi connectivity index (χ0n) is 16.7. The Bertz CT molecular complexity index is 726. The van der Waals surface area contributed by atoms with Gasteiger partial charge in [0.2, 0.25) is 0 Å². The fourth-order valence-electron chi connectivity index (χ4n) is 2.99. The Morgan fingerprint density at radius 1 is 1.07 bits per heavy atom. The number of carbonyl (C=O) groups is 1. The van der Waals surface area contributed by atoms with Crippen molar-refractivity contribution in [2.75, 3.05) is 6.54 Å². The number of hydrogen-bond donors (Lipinski definition) is 2. The average molecular weight is 370 g/mol. The van der Waals surface area contributed by atoms with Gasteiger partial charge < -0.3 is 15.2 Å². The zero-order valence-corrected chi connectivity index (χ0v) is 16.7. The fraction of sp³-hybridized carbons (Fsp3) is 0.435. The van der Waals surface area contributed by atoms with Gasteiger partial charge in [-0.05, 0) is 36.2 Å². The maximum absolute atomic E-state index is 12.2. The van der Waals surface area contributed by atoms with E-state index in [1.165, 1.54) is 5.56 Å². The number of aliphatic hydroxyl groups excluding tert-OH is 1. The van der Waals surface area contributed by atoms with E-state index in [1.807, 2.05) is 38.1 Å². The van der Waals surface area contributed by atoms with Crippen molar-refractivity contribution in [3.05, 3.63) is 65.2 Å². The lowest BCUT2D eigenvalue weighted by molar-refractivity contribution is -0.137. The van der Waals surface area contributed by atoms with Gasteiger partial charge >= 0.3 is 5.97 Å². The van der Waals surface area contributed by atoms with E-state index in [2.05, 4.69) is 31.3 Å². The SMILES string of the molecule is CC(C)NCC[C@H](c1ccccc1)c1cc(CO)ccc1OC(=O)C(C)C. The molecule has 0 fully saturated rings. The van der Waals surface area contributed by atoms with Crippen LogP contribution < -0.4 is 10.1 Å². The molecule has 2 aromatic rings. The number of carbonyl (C=O) groups excluding carboxylic acids is 1. The van der Waals surface area contributed by atoms with Crippen LogP contribution >= 0.6 is 0 Å². The third-order valence-electron chi connectivity index (χ3n) is 4.50. The normalized spacial score (nSPS) is 12.4. The van der Waals surface area contributed by atoms with Gasteiger partial charge in [-0.25, -0.2) is 0 Å². The highest BCUT2D eigenvalue weighted by molar-refractivity contribution is 5.75. The third kappa shape index (κ3) is 6.19. The summed E-state index contributed by atoms with van der Waals surface area (Å²) in [5, 5.41) is 13.1. The van der Waals surface area contributed by atoms with Crippen molar-refractivity contribution >= 4 is 5.97 Å². The predicted octanol–water partition coefficient (Wildman–Crippen LogP) is 4.26. The van der Waals surface area contributed by atoms with Crippen molar-refractivity contribution in [1.29, 1.82) is 0 Å². The summed E-state index contributed by atoms with van der Waals surface area (Å²) in [5.41, 5.74) is 2.92. The minimum absolute atomic E-state index is 0.0445. The molecule has 2 rings (SSSR count). The van der Waals surface area contributed by atoms with Crippen molar-refractivity contribution in [1.82, 2.24) is 5.32 Å². The number of ether oxygens (including phenoxy) is 1. The Kier molecular flexibility index (Phi) is 8.01. The highest BCUT2D eigenvalue weighted by atomic mass is 16.5. The molecule has 0 aliphatic carbocycles. The molecule has 0 amide bonds. The van der Waals surface area contributed by atoms with E-state index in [0.717, 1.165) is 24.1 Å². The summed E-state index contributed by atoms with van der Waals surface area (Å²) in [5.74, 6) is 0.191. The number of hydrogen-bond acceptors (Lipinski definition) is 4. The summed E-state index contributed by atoms with van der Waals surface area (Å²) < 4.78 is 5.70. The van der Waals surface area contributed by atoms with Crippen LogP contribution in [0.5, 0.6) is 5.75 Å². The first-order valence-corrected chi connectivity index (χ1v) is 9.66. The predicted molar refractivity (Wildman–Crippen MR) is 109 cm³/mol. The van der Waals surface area contributed by atoms with Gasteiger partial charge in [-0.3, -0.25) is 4.79 Å². The molecule has 0 saturated heterocycles. The number of nitrogens with one attached hydrogen (secondary N) is 1. The number of aliphatic hydroxyl groups is 1. The van der Waals surface area contributed by atoms with E-state index < -0.39 is 0 Å². The van der Waals surface area contributed by atoms with Gasteiger partial charge in [0, 0.05) is 17.5 Å². The summed E-state index contributed by atoms with van der Waals surface area (Å²) in [6.07, 6.45) is 0.864. The Hall–Kier alpha value is -2.17. The molecule has 2 N–H and O–H groups in total. The van der Waals surface area contributed by atoms with Crippen LogP contribution in [0.2, 0.25) is 0 Å². The molecule has 0 aliphatic heterocycles. The molecule has 0 radical (unpaired) electrons. The Morgan fingerprint density at radius 2 is 1.78 bits per heavy atom. The van der Waals surface area contributed by atoms with Crippen molar-refractivity contribution in [3.8, 4) is 5.75 Å². The van der Waals surface area contributed by atoms with E-state index in [0.29, 0.717) is 11.8 Å². The van der Waals surface area contributed by atoms with Crippen LogP contribution in [0.1, 0.15) is 56.7 Å². The highest BCUT2D eigenvalue weighted by Crippen LogP contribution is 2.35. The lowest BCUT2D eigenvalue weighted by Gasteiger charge is -2.23. The molecule has 4 nitrogen and oxygen atoms in total. The zero-order chi connectivity index (χ0) is 19.8. The molecule has 0 unspecified atom stereocenters. The van der Waals surface area contributed by atoms with E-state index in [9.17, 15) is 9.90 Å². The number of benzene rings is 2. The van der Waals surface area contributed by atoms with Gasteiger partial charge in [0.25, 0.3) is 0 Å². The first-order valence-electron chi connectivity index (χ1n) is 9.66. The topological polar surface area (TPSA) is 58.6 Å².